The zero-order chi connectivity index (χ0) is 16.4. The van der Waals surface area contributed by atoms with Crippen LogP contribution >= 0.6 is 11.3 Å². The van der Waals surface area contributed by atoms with Gasteiger partial charge in [0.05, 0.1) is 12.0 Å². The van der Waals surface area contributed by atoms with Crippen molar-refractivity contribution in [1.82, 2.24) is 15.0 Å². The van der Waals surface area contributed by atoms with Gasteiger partial charge < -0.3 is 4.74 Å². The average molecular weight is 335 g/mol. The van der Waals surface area contributed by atoms with E-state index in [4.69, 9.17) is 4.74 Å². The predicted molar refractivity (Wildman–Crippen MR) is 88.7 cm³/mol. The summed E-state index contributed by atoms with van der Waals surface area (Å²) >= 11 is 1.56. The lowest BCUT2D eigenvalue weighted by molar-refractivity contribution is -0.144. The predicted octanol–water partition coefficient (Wildman–Crippen LogP) is 2.32. The van der Waals surface area contributed by atoms with Crippen LogP contribution in [0.25, 0.3) is 10.2 Å². The topological polar surface area (TPSA) is 74.1 Å². The van der Waals surface area contributed by atoms with Gasteiger partial charge in [0, 0.05) is 4.88 Å². The van der Waals surface area contributed by atoms with Gasteiger partial charge in [-0.15, -0.1) is 16.4 Å². The van der Waals surface area contributed by atoms with Crippen molar-refractivity contribution in [3.05, 3.63) is 20.8 Å². The SMILES string of the molecule is CCCCOC(=O)Cn1nnc2sc3c(c2c1=O)CC[C@@H](C)C3. The number of ether oxygens (including phenoxy) is 1. The third-order valence-corrected chi connectivity index (χ3v) is 5.36. The summed E-state index contributed by atoms with van der Waals surface area (Å²) in [6, 6.07) is 0. The van der Waals surface area contributed by atoms with Crippen LogP contribution in [0.5, 0.6) is 0 Å². The number of aromatic nitrogens is 3. The second-order valence-electron chi connectivity index (χ2n) is 6.16. The van der Waals surface area contributed by atoms with Crippen molar-refractivity contribution in [1.29, 1.82) is 0 Å². The molecule has 0 unspecified atom stereocenters. The van der Waals surface area contributed by atoms with Gasteiger partial charge in [0.1, 0.15) is 6.54 Å². The minimum Gasteiger partial charge on any atom is -0.464 e. The van der Waals surface area contributed by atoms with Crippen LogP contribution in [0.15, 0.2) is 4.79 Å². The van der Waals surface area contributed by atoms with E-state index in [0.29, 0.717) is 22.7 Å². The van der Waals surface area contributed by atoms with Crippen LogP contribution in [0, 0.1) is 5.92 Å². The summed E-state index contributed by atoms with van der Waals surface area (Å²) in [6.07, 6.45) is 4.76. The van der Waals surface area contributed by atoms with E-state index in [-0.39, 0.29) is 12.1 Å². The lowest BCUT2D eigenvalue weighted by atomic mass is 9.89. The van der Waals surface area contributed by atoms with Crippen LogP contribution in [-0.2, 0) is 28.9 Å². The van der Waals surface area contributed by atoms with Crippen LogP contribution in [0.2, 0.25) is 0 Å². The van der Waals surface area contributed by atoms with E-state index in [9.17, 15) is 9.59 Å². The second kappa shape index (κ2) is 6.78. The van der Waals surface area contributed by atoms with E-state index < -0.39 is 5.97 Å². The Morgan fingerprint density at radius 2 is 2.30 bits per heavy atom. The average Bonchev–Trinajstić information content (AvgIpc) is 2.88. The maximum absolute atomic E-state index is 12.7. The molecular formula is C16H21N3O3S. The number of carbonyl (C=O) groups excluding carboxylic acids is 1. The first-order valence-corrected chi connectivity index (χ1v) is 8.95. The fraction of sp³-hybridized carbons (Fsp3) is 0.625. The fourth-order valence-corrected chi connectivity index (χ4v) is 4.21. The number of carbonyl (C=O) groups is 1. The maximum Gasteiger partial charge on any atom is 0.327 e. The highest BCUT2D eigenvalue weighted by Crippen LogP contribution is 2.35. The van der Waals surface area contributed by atoms with Gasteiger partial charge in [-0.2, -0.15) is 4.68 Å². The van der Waals surface area contributed by atoms with Gasteiger partial charge in [-0.3, -0.25) is 9.59 Å². The summed E-state index contributed by atoms with van der Waals surface area (Å²) in [5.41, 5.74) is 0.880. The summed E-state index contributed by atoms with van der Waals surface area (Å²) in [6.45, 7) is 4.46. The number of esters is 1. The van der Waals surface area contributed by atoms with E-state index >= 15 is 0 Å². The highest BCUT2D eigenvalue weighted by Gasteiger charge is 2.24. The second-order valence-corrected chi connectivity index (χ2v) is 7.24. The van der Waals surface area contributed by atoms with Gasteiger partial charge >= 0.3 is 5.97 Å². The number of thiophene rings is 1. The van der Waals surface area contributed by atoms with Gasteiger partial charge in [-0.1, -0.05) is 25.5 Å². The van der Waals surface area contributed by atoms with E-state index in [2.05, 4.69) is 17.2 Å². The summed E-state index contributed by atoms with van der Waals surface area (Å²) in [5.74, 6) is 0.200. The van der Waals surface area contributed by atoms with Crippen molar-refractivity contribution in [3.8, 4) is 0 Å². The highest BCUT2D eigenvalue weighted by molar-refractivity contribution is 7.18. The Morgan fingerprint density at radius 1 is 1.48 bits per heavy atom. The first-order valence-electron chi connectivity index (χ1n) is 8.13. The number of hydrogen-bond donors (Lipinski definition) is 0. The Morgan fingerprint density at radius 3 is 3.09 bits per heavy atom. The molecule has 7 heteroatoms. The van der Waals surface area contributed by atoms with Gasteiger partial charge in [0.2, 0.25) is 0 Å². The molecular weight excluding hydrogens is 314 g/mol. The molecule has 1 atom stereocenters. The summed E-state index contributed by atoms with van der Waals surface area (Å²) in [4.78, 5) is 26.4. The molecule has 2 aromatic rings. The molecule has 0 aromatic carbocycles. The van der Waals surface area contributed by atoms with E-state index in [1.165, 1.54) is 4.88 Å². The molecule has 0 radical (unpaired) electrons. The minimum atomic E-state index is -0.438. The van der Waals surface area contributed by atoms with Gasteiger partial charge in [-0.25, -0.2) is 0 Å². The van der Waals surface area contributed by atoms with Crippen LogP contribution < -0.4 is 5.56 Å². The molecule has 0 fully saturated rings. The zero-order valence-electron chi connectivity index (χ0n) is 13.5. The van der Waals surface area contributed by atoms with Crippen LogP contribution in [0.4, 0.5) is 0 Å². The highest BCUT2D eigenvalue weighted by atomic mass is 32.1. The molecule has 23 heavy (non-hydrogen) atoms. The lowest BCUT2D eigenvalue weighted by Crippen LogP contribution is -2.29. The molecule has 0 bridgehead atoms. The van der Waals surface area contributed by atoms with Gasteiger partial charge in [-0.05, 0) is 37.2 Å². The van der Waals surface area contributed by atoms with Gasteiger partial charge in [0.25, 0.3) is 5.56 Å². The molecule has 3 rings (SSSR count). The number of unbranched alkanes of at least 4 members (excludes halogenated alkanes) is 1. The number of hydrogen-bond acceptors (Lipinski definition) is 6. The van der Waals surface area contributed by atoms with E-state index in [0.717, 1.165) is 42.3 Å². The zero-order valence-corrected chi connectivity index (χ0v) is 14.3. The molecule has 2 heterocycles. The molecule has 0 saturated heterocycles. The molecule has 0 amide bonds. The van der Waals surface area contributed by atoms with Gasteiger partial charge in [0.15, 0.2) is 4.83 Å². The van der Waals surface area contributed by atoms with Crippen molar-refractivity contribution in [2.75, 3.05) is 6.61 Å². The number of nitrogens with zero attached hydrogens (tertiary/aromatic N) is 3. The van der Waals surface area contributed by atoms with E-state index in [1.807, 2.05) is 6.92 Å². The van der Waals surface area contributed by atoms with Crippen LogP contribution in [0.1, 0.15) is 43.6 Å². The largest absolute Gasteiger partial charge is 0.464 e. The third-order valence-electron chi connectivity index (χ3n) is 4.22. The van der Waals surface area contributed by atoms with Crippen LogP contribution in [0.3, 0.4) is 0 Å². The monoisotopic (exact) mass is 335 g/mol. The van der Waals surface area contributed by atoms with Crippen molar-refractivity contribution in [2.45, 2.75) is 52.5 Å². The Balaban J connectivity index is 1.87. The lowest BCUT2D eigenvalue weighted by Gasteiger charge is -2.17. The minimum absolute atomic E-state index is 0.174. The first-order chi connectivity index (χ1) is 11.1. The van der Waals surface area contributed by atoms with Crippen molar-refractivity contribution >= 4 is 27.5 Å². The van der Waals surface area contributed by atoms with E-state index in [1.54, 1.807) is 11.3 Å². The Kier molecular flexibility index (Phi) is 4.75. The molecule has 124 valence electrons. The Labute approximate surface area is 138 Å². The number of fused-ring (bicyclic) bond motifs is 3. The number of rotatable bonds is 5. The smallest absolute Gasteiger partial charge is 0.327 e. The third kappa shape index (κ3) is 3.29. The molecule has 0 saturated carbocycles. The summed E-state index contributed by atoms with van der Waals surface area (Å²) in [5, 5.41) is 8.69. The quantitative estimate of drug-likeness (QED) is 0.619. The maximum atomic E-state index is 12.7. The molecule has 0 spiro atoms. The molecule has 1 aliphatic carbocycles. The molecule has 1 aliphatic rings. The normalized spacial score (nSPS) is 17.2. The molecule has 2 aromatic heterocycles. The van der Waals surface area contributed by atoms with Crippen molar-refractivity contribution < 1.29 is 9.53 Å². The van der Waals surface area contributed by atoms with Crippen molar-refractivity contribution in [2.24, 2.45) is 5.92 Å². The molecule has 6 nitrogen and oxygen atoms in total. The Bertz CT molecular complexity index is 781. The van der Waals surface area contributed by atoms with Crippen molar-refractivity contribution in [3.63, 3.8) is 0 Å². The summed E-state index contributed by atoms with van der Waals surface area (Å²) in [7, 11) is 0. The molecule has 0 N–H and O–H groups in total. The summed E-state index contributed by atoms with van der Waals surface area (Å²) < 4.78 is 6.22. The molecule has 0 aliphatic heterocycles. The van der Waals surface area contributed by atoms with Crippen LogP contribution in [-0.4, -0.2) is 27.6 Å². The standard InChI is InChI=1S/C16H21N3O3S/c1-3-4-7-22-13(20)9-19-16(21)14-11-6-5-10(2)8-12(11)23-15(14)17-18-19/h10H,3-9H2,1-2H3/t10-/m1/s1. The number of aryl methyl sites for hydroxylation is 1. The first kappa shape index (κ1) is 16.1. The fourth-order valence-electron chi connectivity index (χ4n) is 2.89. The Hall–Kier alpha value is -1.76.